The van der Waals surface area contributed by atoms with Crippen LogP contribution in [-0.4, -0.2) is 9.13 Å². The molecule has 3 heteroatoms. The lowest BCUT2D eigenvalue weighted by molar-refractivity contribution is 0.664. The minimum absolute atomic E-state index is 0.229. The quantitative estimate of drug-likeness (QED) is 0.190. The van der Waals surface area contributed by atoms with Gasteiger partial charge in [0.15, 0.2) is 0 Å². The van der Waals surface area contributed by atoms with E-state index in [0.29, 0.717) is 0 Å². The molecule has 0 radical (unpaired) electrons. The Hall–Kier alpha value is -6.06. The highest BCUT2D eigenvalue weighted by Gasteiger charge is 2.41. The van der Waals surface area contributed by atoms with Crippen LogP contribution in [0.2, 0.25) is 0 Å². The largest absolute Gasteiger partial charge is 0.456 e. The molecule has 3 heterocycles. The number of hydrogen-bond donors (Lipinski definition) is 0. The molecular weight excluding hydrogens is 585 g/mol. The fourth-order valence-corrected chi connectivity index (χ4v) is 8.91. The number of benzene rings is 7. The van der Waals surface area contributed by atoms with E-state index in [4.69, 9.17) is 4.42 Å². The molecule has 1 aliphatic carbocycles. The van der Waals surface area contributed by atoms with Gasteiger partial charge in [-0.1, -0.05) is 111 Å². The van der Waals surface area contributed by atoms with Gasteiger partial charge in [-0.25, -0.2) is 0 Å². The van der Waals surface area contributed by atoms with Crippen LogP contribution in [0.5, 0.6) is 0 Å². The van der Waals surface area contributed by atoms with Gasteiger partial charge in [-0.05, 0) is 70.8 Å². The lowest BCUT2D eigenvalue weighted by Gasteiger charge is -2.24. The molecular formula is C45H30N2O. The SMILES string of the molecule is CC1(C)c2ccccc2-c2c1c1c(c3ccccc3n1-c1ccc3oc4ccccc4c3c1)c1c2c2ccccc2n1-c1ccccc1. The monoisotopic (exact) mass is 614 g/mol. The standard InChI is InChI=1S/C45H30N2O/c1-45(2)34-20-10-6-17-30(34)39-40-31-18-7-11-21-35(31)46(27-14-4-3-5-15-27)43(40)41-32-19-8-12-22-36(32)47(44(41)42(39)45)28-24-25-38-33(26-28)29-16-9-13-23-37(29)48-38/h3-26H,1-2H3. The highest BCUT2D eigenvalue weighted by atomic mass is 16.3. The van der Waals surface area contributed by atoms with Crippen LogP contribution in [0.1, 0.15) is 25.0 Å². The summed E-state index contributed by atoms with van der Waals surface area (Å²) in [5, 5.41) is 7.42. The summed E-state index contributed by atoms with van der Waals surface area (Å²) in [5.41, 5.74) is 14.3. The van der Waals surface area contributed by atoms with Crippen LogP contribution in [0.4, 0.5) is 0 Å². The van der Waals surface area contributed by atoms with Gasteiger partial charge in [0.05, 0.1) is 22.1 Å². The molecule has 0 spiro atoms. The first-order valence-electron chi connectivity index (χ1n) is 16.7. The van der Waals surface area contributed by atoms with Gasteiger partial charge in [0.2, 0.25) is 0 Å². The molecule has 0 amide bonds. The summed E-state index contributed by atoms with van der Waals surface area (Å²) in [6.45, 7) is 4.82. The summed E-state index contributed by atoms with van der Waals surface area (Å²) >= 11 is 0. The number of nitrogens with zero attached hydrogens (tertiary/aromatic N) is 2. The molecule has 0 unspecified atom stereocenters. The van der Waals surface area contributed by atoms with Crippen LogP contribution in [0.3, 0.4) is 0 Å². The second-order valence-electron chi connectivity index (χ2n) is 13.7. The van der Waals surface area contributed by atoms with E-state index in [1.807, 2.05) is 6.07 Å². The Morgan fingerprint density at radius 2 is 1.08 bits per heavy atom. The molecule has 3 nitrogen and oxygen atoms in total. The van der Waals surface area contributed by atoms with Gasteiger partial charge < -0.3 is 13.6 Å². The lowest BCUT2D eigenvalue weighted by Crippen LogP contribution is -2.16. The van der Waals surface area contributed by atoms with Crippen molar-refractivity contribution in [1.29, 1.82) is 0 Å². The van der Waals surface area contributed by atoms with Crippen LogP contribution in [0.25, 0.3) is 88.1 Å². The van der Waals surface area contributed by atoms with Crippen molar-refractivity contribution >= 4 is 65.6 Å². The normalized spacial score (nSPS) is 13.8. The summed E-state index contributed by atoms with van der Waals surface area (Å²) in [4.78, 5) is 0. The zero-order valence-corrected chi connectivity index (χ0v) is 26.7. The summed E-state index contributed by atoms with van der Waals surface area (Å²) in [7, 11) is 0. The van der Waals surface area contributed by atoms with Crippen LogP contribution < -0.4 is 0 Å². The molecule has 0 aliphatic heterocycles. The number of aromatic nitrogens is 2. The zero-order chi connectivity index (χ0) is 31.7. The number of hydrogen-bond acceptors (Lipinski definition) is 1. The molecule has 1 aliphatic rings. The van der Waals surface area contributed by atoms with E-state index in [-0.39, 0.29) is 5.41 Å². The second-order valence-corrected chi connectivity index (χ2v) is 13.7. The molecule has 10 aromatic rings. The summed E-state index contributed by atoms with van der Waals surface area (Å²) in [6.07, 6.45) is 0. The first-order valence-corrected chi connectivity index (χ1v) is 16.7. The molecule has 11 rings (SSSR count). The lowest BCUT2D eigenvalue weighted by atomic mass is 9.81. The minimum Gasteiger partial charge on any atom is -0.456 e. The Morgan fingerprint density at radius 1 is 0.479 bits per heavy atom. The molecule has 0 saturated carbocycles. The summed E-state index contributed by atoms with van der Waals surface area (Å²) in [5.74, 6) is 0. The van der Waals surface area contributed by atoms with Crippen molar-refractivity contribution in [2.24, 2.45) is 0 Å². The smallest absolute Gasteiger partial charge is 0.135 e. The molecule has 3 aromatic heterocycles. The van der Waals surface area contributed by atoms with Crippen LogP contribution >= 0.6 is 0 Å². The van der Waals surface area contributed by atoms with Crippen molar-refractivity contribution in [3.63, 3.8) is 0 Å². The van der Waals surface area contributed by atoms with Crippen molar-refractivity contribution in [3.05, 3.63) is 157 Å². The predicted octanol–water partition coefficient (Wildman–Crippen LogP) is 12.1. The van der Waals surface area contributed by atoms with E-state index in [1.165, 1.54) is 71.6 Å². The first-order chi connectivity index (χ1) is 23.6. The molecule has 0 saturated heterocycles. The zero-order valence-electron chi connectivity index (χ0n) is 26.7. The maximum absolute atomic E-state index is 6.29. The number of furan rings is 1. The van der Waals surface area contributed by atoms with E-state index in [0.717, 1.165) is 27.6 Å². The van der Waals surface area contributed by atoms with Gasteiger partial charge in [0.1, 0.15) is 11.2 Å². The molecule has 48 heavy (non-hydrogen) atoms. The van der Waals surface area contributed by atoms with Crippen molar-refractivity contribution in [1.82, 2.24) is 9.13 Å². The average Bonchev–Trinajstić information content (AvgIpc) is 3.84. The number of fused-ring (bicyclic) bond motifs is 15. The highest BCUT2D eigenvalue weighted by molar-refractivity contribution is 6.32. The number of rotatable bonds is 2. The Morgan fingerprint density at radius 3 is 1.88 bits per heavy atom. The fraction of sp³-hybridized carbons (Fsp3) is 0.0667. The number of para-hydroxylation sites is 4. The van der Waals surface area contributed by atoms with Gasteiger partial charge in [0, 0.05) is 49.1 Å². The summed E-state index contributed by atoms with van der Waals surface area (Å²) in [6, 6.07) is 52.9. The van der Waals surface area contributed by atoms with Gasteiger partial charge in [-0.15, -0.1) is 0 Å². The van der Waals surface area contributed by atoms with Crippen molar-refractivity contribution in [2.75, 3.05) is 0 Å². The van der Waals surface area contributed by atoms with Gasteiger partial charge in [-0.3, -0.25) is 0 Å². The molecule has 0 atom stereocenters. The van der Waals surface area contributed by atoms with E-state index >= 15 is 0 Å². The van der Waals surface area contributed by atoms with E-state index in [2.05, 4.69) is 163 Å². The van der Waals surface area contributed by atoms with Crippen molar-refractivity contribution in [2.45, 2.75) is 19.3 Å². The topological polar surface area (TPSA) is 23.0 Å². The van der Waals surface area contributed by atoms with Gasteiger partial charge >= 0.3 is 0 Å². The minimum atomic E-state index is -0.229. The Balaban J connectivity index is 1.44. The molecule has 0 N–H and O–H groups in total. The van der Waals surface area contributed by atoms with Crippen molar-refractivity contribution < 1.29 is 4.42 Å². The third kappa shape index (κ3) is 3.14. The fourth-order valence-electron chi connectivity index (χ4n) is 8.91. The Kier molecular flexibility index (Phi) is 4.91. The van der Waals surface area contributed by atoms with Crippen LogP contribution in [-0.2, 0) is 5.41 Å². The molecule has 226 valence electrons. The predicted molar refractivity (Wildman–Crippen MR) is 200 cm³/mol. The third-order valence-electron chi connectivity index (χ3n) is 10.9. The van der Waals surface area contributed by atoms with E-state index in [1.54, 1.807) is 0 Å². The highest BCUT2D eigenvalue weighted by Crippen LogP contribution is 2.58. The second kappa shape index (κ2) is 9.05. The maximum atomic E-state index is 6.29. The average molecular weight is 615 g/mol. The Labute approximate surface area is 276 Å². The maximum Gasteiger partial charge on any atom is 0.135 e. The Bertz CT molecular complexity index is 2970. The van der Waals surface area contributed by atoms with Gasteiger partial charge in [-0.2, -0.15) is 0 Å². The van der Waals surface area contributed by atoms with E-state index in [9.17, 15) is 0 Å². The third-order valence-corrected chi connectivity index (χ3v) is 10.9. The van der Waals surface area contributed by atoms with Gasteiger partial charge in [0.25, 0.3) is 0 Å². The molecule has 0 bridgehead atoms. The van der Waals surface area contributed by atoms with Crippen LogP contribution in [0.15, 0.2) is 150 Å². The first kappa shape index (κ1) is 26.1. The summed E-state index contributed by atoms with van der Waals surface area (Å²) < 4.78 is 11.3. The van der Waals surface area contributed by atoms with Crippen LogP contribution in [0, 0.1) is 0 Å². The molecule has 7 aromatic carbocycles. The van der Waals surface area contributed by atoms with E-state index < -0.39 is 0 Å². The molecule has 0 fully saturated rings. The van der Waals surface area contributed by atoms with Crippen molar-refractivity contribution in [3.8, 4) is 22.5 Å².